The van der Waals surface area contributed by atoms with Gasteiger partial charge in [-0.05, 0) is 0 Å². The maximum absolute atomic E-state index is 5.18. The molecule has 0 saturated carbocycles. The average molecular weight is 381 g/mol. The molecule has 0 N–H and O–H groups in total. The van der Waals surface area contributed by atoms with E-state index < -0.39 is 8.80 Å². The minimum Gasteiger partial charge on any atom is -1.00 e. The van der Waals surface area contributed by atoms with Crippen molar-refractivity contribution in [2.75, 3.05) is 7.11 Å². The van der Waals surface area contributed by atoms with Crippen molar-refractivity contribution in [3.63, 3.8) is 0 Å². The van der Waals surface area contributed by atoms with Crippen molar-refractivity contribution in [1.82, 2.24) is 0 Å². The first-order valence-electron chi connectivity index (χ1n) is 5.22. The third kappa shape index (κ3) is 8.31. The fraction of sp³-hybridized carbons (Fsp3) is 0.231. The fourth-order valence-corrected chi connectivity index (χ4v) is 2.68. The van der Waals surface area contributed by atoms with Crippen LogP contribution in [0.2, 0.25) is 13.1 Å². The predicted octanol–water partition coefficient (Wildman–Crippen LogP) is -3.48. The van der Waals surface area contributed by atoms with E-state index in [-0.39, 0.29) is 51.0 Å². The second kappa shape index (κ2) is 13.6. The Morgan fingerprint density at radius 3 is 1.94 bits per heavy atom. The molecule has 0 aliphatic carbocycles. The molecule has 0 radical (unpaired) electrons. The average Bonchev–Trinajstić information content (AvgIpc) is 2.92. The van der Waals surface area contributed by atoms with Gasteiger partial charge in [-0.2, -0.15) is 30.3 Å². The monoisotopic (exact) mass is 378 g/mol. The fourth-order valence-electron chi connectivity index (χ4n) is 1.40. The molecule has 0 aliphatic rings. The van der Waals surface area contributed by atoms with Crippen molar-refractivity contribution in [2.24, 2.45) is 0 Å². The Hall–Kier alpha value is 0.180. The number of hydrogen-bond donors (Lipinski definition) is 0. The van der Waals surface area contributed by atoms with Gasteiger partial charge in [-0.25, -0.2) is 18.2 Å². The van der Waals surface area contributed by atoms with Gasteiger partial charge in [0, 0.05) is 14.5 Å². The molecule has 0 aromatic heterocycles. The van der Waals surface area contributed by atoms with Gasteiger partial charge in [0.2, 0.25) is 0 Å². The third-order valence-electron chi connectivity index (χ3n) is 2.21. The number of halogens is 2. The van der Waals surface area contributed by atoms with Crippen LogP contribution in [0.25, 0.3) is 0 Å². The zero-order valence-corrected chi connectivity index (χ0v) is 16.0. The van der Waals surface area contributed by atoms with E-state index in [1.807, 2.05) is 36.4 Å². The first kappa shape index (κ1) is 23.3. The van der Waals surface area contributed by atoms with E-state index in [9.17, 15) is 0 Å². The summed E-state index contributed by atoms with van der Waals surface area (Å²) in [4.78, 5) is 0. The molecule has 2 aromatic carbocycles. The van der Waals surface area contributed by atoms with Gasteiger partial charge in [0.05, 0.1) is 7.11 Å². The van der Waals surface area contributed by atoms with E-state index in [1.54, 1.807) is 7.11 Å². The van der Waals surface area contributed by atoms with Gasteiger partial charge in [0.1, 0.15) is 0 Å². The predicted molar refractivity (Wildman–Crippen MR) is 69.1 cm³/mol. The second-order valence-corrected chi connectivity index (χ2v) is 6.60. The van der Waals surface area contributed by atoms with E-state index >= 15 is 0 Å². The number of rotatable bonds is 2. The Bertz CT molecular complexity index is 343. The van der Waals surface area contributed by atoms with Crippen LogP contribution in [-0.4, -0.2) is 15.9 Å². The van der Waals surface area contributed by atoms with Crippen LogP contribution in [0, 0.1) is 0 Å². The van der Waals surface area contributed by atoms with Crippen molar-refractivity contribution in [3.05, 3.63) is 48.5 Å². The second-order valence-electron chi connectivity index (χ2n) is 3.67. The molecule has 18 heavy (non-hydrogen) atoms. The molecule has 1 nitrogen and oxygen atoms in total. The van der Waals surface area contributed by atoms with Crippen LogP contribution in [0.15, 0.2) is 48.5 Å². The summed E-state index contributed by atoms with van der Waals surface area (Å²) < 4.78 is 5.18. The van der Waals surface area contributed by atoms with Crippen LogP contribution in [0.3, 0.4) is 0 Å². The maximum Gasteiger partial charge on any atom is 4.00 e. The van der Waals surface area contributed by atoms with E-state index in [0.29, 0.717) is 0 Å². The normalized spacial score (nSPS) is 8.00. The summed E-state index contributed by atoms with van der Waals surface area (Å²) >= 11 is 0. The summed E-state index contributed by atoms with van der Waals surface area (Å²) in [5.41, 5.74) is 0. The van der Waals surface area contributed by atoms with Crippen molar-refractivity contribution < 1.29 is 55.8 Å². The number of methoxy groups -OCH3 is 1. The molecule has 2 rings (SSSR count). The van der Waals surface area contributed by atoms with Crippen LogP contribution in [-0.2, 0) is 26.2 Å². The van der Waals surface area contributed by atoms with E-state index in [4.69, 9.17) is 4.74 Å². The quantitative estimate of drug-likeness (QED) is 0.389. The maximum atomic E-state index is 5.18. The van der Waals surface area contributed by atoms with E-state index in [1.165, 1.54) is 5.19 Å². The summed E-state index contributed by atoms with van der Waals surface area (Å²) in [6.45, 7) is 4.61. The Labute approximate surface area is 143 Å². The molecule has 98 valence electrons. The minimum atomic E-state index is -0.662. The van der Waals surface area contributed by atoms with Gasteiger partial charge in [-0.3, -0.25) is 0 Å². The zero-order valence-electron chi connectivity index (χ0n) is 10.9. The van der Waals surface area contributed by atoms with Crippen molar-refractivity contribution in [2.45, 2.75) is 13.1 Å². The Morgan fingerprint density at radius 1 is 1.11 bits per heavy atom. The summed E-state index contributed by atoms with van der Waals surface area (Å²) in [5.74, 6) is 1.07. The molecular formula is C13H18Cl2OSiZr. The topological polar surface area (TPSA) is 9.23 Å². The number of hydrogen-bond acceptors (Lipinski definition) is 1. The largest absolute Gasteiger partial charge is 4.00 e. The molecule has 0 saturated heterocycles. The molecule has 0 aliphatic heterocycles. The molecule has 0 unspecified atom stereocenters. The number of ether oxygens (including phenoxy) is 1. The van der Waals surface area contributed by atoms with Crippen molar-refractivity contribution in [1.29, 1.82) is 0 Å². The van der Waals surface area contributed by atoms with E-state index in [0.717, 1.165) is 5.75 Å². The van der Waals surface area contributed by atoms with Crippen LogP contribution in [0.4, 0.5) is 0 Å². The third-order valence-corrected chi connectivity index (χ3v) is 3.93. The molecule has 5 heteroatoms. The molecule has 0 bridgehead atoms. The van der Waals surface area contributed by atoms with Gasteiger partial charge in [-0.15, -0.1) is 5.19 Å². The SMILES string of the molecule is COc1ccc[c-]1[SiH](C)C.[Cl-].[Cl-].[Zr+4].c1cc[cH-]c1. The molecule has 0 atom stereocenters. The van der Waals surface area contributed by atoms with Crippen molar-refractivity contribution >= 4 is 14.0 Å². The van der Waals surface area contributed by atoms with Gasteiger partial charge < -0.3 is 29.6 Å². The Morgan fingerprint density at radius 2 is 1.67 bits per heavy atom. The summed E-state index contributed by atoms with van der Waals surface area (Å²) in [6, 6.07) is 16.2. The Balaban J connectivity index is -0.000000245. The van der Waals surface area contributed by atoms with Gasteiger partial charge in [0.25, 0.3) is 0 Å². The van der Waals surface area contributed by atoms with Crippen LogP contribution < -0.4 is 34.7 Å². The van der Waals surface area contributed by atoms with Gasteiger partial charge in [0.15, 0.2) is 0 Å². The molecule has 0 fully saturated rings. The van der Waals surface area contributed by atoms with Crippen LogP contribution >= 0.6 is 0 Å². The van der Waals surface area contributed by atoms with Gasteiger partial charge >= 0.3 is 26.2 Å². The van der Waals surface area contributed by atoms with Gasteiger partial charge in [-0.1, -0.05) is 13.1 Å². The molecule has 0 heterocycles. The summed E-state index contributed by atoms with van der Waals surface area (Å²) in [5, 5.41) is 1.43. The van der Waals surface area contributed by atoms with E-state index in [2.05, 4.69) is 25.2 Å². The van der Waals surface area contributed by atoms with Crippen LogP contribution in [0.1, 0.15) is 0 Å². The molecule has 2 aromatic rings. The molecule has 0 spiro atoms. The first-order chi connectivity index (χ1) is 7.25. The molecule has 0 amide bonds. The van der Waals surface area contributed by atoms with Crippen LogP contribution in [0.5, 0.6) is 5.75 Å². The first-order valence-corrected chi connectivity index (χ1v) is 8.10. The summed E-state index contributed by atoms with van der Waals surface area (Å²) in [7, 11) is 1.07. The van der Waals surface area contributed by atoms with Crippen molar-refractivity contribution in [3.8, 4) is 5.75 Å². The smallest absolute Gasteiger partial charge is 1.00 e. The molecular weight excluding hydrogens is 362 g/mol. The zero-order chi connectivity index (χ0) is 11.1. The minimum absolute atomic E-state index is 0. The Kier molecular flexibility index (Phi) is 17.6. The standard InChI is InChI=1S/C8H13OSi.C5H5.2ClH.Zr/c1-9-7-5-4-6-8(7)10(2)3;1-2-4-5-3-1;;;/h4-6,10H,1-3H3;1-5H;2*1H;/q2*-1;;;+4/p-2. The summed E-state index contributed by atoms with van der Waals surface area (Å²) in [6.07, 6.45) is 0.